The smallest absolute Gasteiger partial charge is 0.242 e. The molecule has 4 nitrogen and oxygen atoms in total. The van der Waals surface area contributed by atoms with Crippen LogP contribution in [0.15, 0.2) is 48.5 Å². The summed E-state index contributed by atoms with van der Waals surface area (Å²) in [7, 11) is 0. The molecule has 1 atom stereocenters. The molecule has 168 valence electrons. The van der Waals surface area contributed by atoms with E-state index in [0.717, 1.165) is 24.0 Å². The van der Waals surface area contributed by atoms with Crippen molar-refractivity contribution in [1.82, 2.24) is 10.2 Å². The maximum Gasteiger partial charge on any atom is 0.242 e. The molecule has 0 aromatic heterocycles. The van der Waals surface area contributed by atoms with Crippen molar-refractivity contribution in [2.24, 2.45) is 0 Å². The number of carbonyl (C=O) groups excluding carboxylic acids is 2. The largest absolute Gasteiger partial charge is 0.354 e. The number of unbranched alkanes of at least 4 members (excludes halogenated alkanes) is 1. The van der Waals surface area contributed by atoms with Crippen LogP contribution in [0.25, 0.3) is 0 Å². The molecule has 0 spiro atoms. The van der Waals surface area contributed by atoms with E-state index in [0.29, 0.717) is 41.1 Å². The topological polar surface area (TPSA) is 49.4 Å². The number of hydrogen-bond donors (Lipinski definition) is 1. The monoisotopic (exact) mass is 480 g/mol. The maximum absolute atomic E-state index is 13.2. The maximum atomic E-state index is 13.2. The highest BCUT2D eigenvalue weighted by Crippen LogP contribution is 2.19. The quantitative estimate of drug-likeness (QED) is 0.381. The SMILES string of the molecule is CCCCNC(=O)C(CC)N(Cc1ccc(Cl)cc1)C(=O)CSCc1ccc(Cl)cc1. The van der Waals surface area contributed by atoms with Gasteiger partial charge in [-0.2, -0.15) is 0 Å². The Morgan fingerprint density at radius 2 is 1.55 bits per heavy atom. The van der Waals surface area contributed by atoms with Crippen molar-refractivity contribution in [3.63, 3.8) is 0 Å². The summed E-state index contributed by atoms with van der Waals surface area (Å²) in [4.78, 5) is 27.7. The number of amides is 2. The van der Waals surface area contributed by atoms with Gasteiger partial charge in [0.25, 0.3) is 0 Å². The summed E-state index contributed by atoms with van der Waals surface area (Å²) >= 11 is 13.5. The summed E-state index contributed by atoms with van der Waals surface area (Å²) in [6, 6.07) is 14.5. The van der Waals surface area contributed by atoms with Gasteiger partial charge in [0.05, 0.1) is 5.75 Å². The number of carbonyl (C=O) groups is 2. The minimum atomic E-state index is -0.504. The first-order valence-electron chi connectivity index (χ1n) is 10.6. The molecular formula is C24H30Cl2N2O2S. The summed E-state index contributed by atoms with van der Waals surface area (Å²) in [5.41, 5.74) is 2.05. The molecular weight excluding hydrogens is 451 g/mol. The molecule has 2 aromatic rings. The molecule has 0 aliphatic rings. The third-order valence-electron chi connectivity index (χ3n) is 4.89. The molecule has 0 saturated carbocycles. The first-order chi connectivity index (χ1) is 14.9. The van der Waals surface area contributed by atoms with Crippen LogP contribution in [0.5, 0.6) is 0 Å². The molecule has 0 bridgehead atoms. The van der Waals surface area contributed by atoms with Crippen molar-refractivity contribution < 1.29 is 9.59 Å². The lowest BCUT2D eigenvalue weighted by Gasteiger charge is -2.30. The highest BCUT2D eigenvalue weighted by atomic mass is 35.5. The summed E-state index contributed by atoms with van der Waals surface area (Å²) < 4.78 is 0. The number of hydrogen-bond acceptors (Lipinski definition) is 3. The second kappa shape index (κ2) is 13.7. The van der Waals surface area contributed by atoms with Gasteiger partial charge in [-0.1, -0.05) is 67.7 Å². The molecule has 7 heteroatoms. The molecule has 31 heavy (non-hydrogen) atoms. The Hall–Kier alpha value is -1.69. The number of halogens is 2. The van der Waals surface area contributed by atoms with Gasteiger partial charge in [0.2, 0.25) is 11.8 Å². The Labute approximate surface area is 199 Å². The Balaban J connectivity index is 2.08. The molecule has 0 fully saturated rings. The van der Waals surface area contributed by atoms with E-state index in [2.05, 4.69) is 12.2 Å². The van der Waals surface area contributed by atoms with Gasteiger partial charge in [-0.3, -0.25) is 9.59 Å². The van der Waals surface area contributed by atoms with E-state index in [1.165, 1.54) is 11.8 Å². The highest BCUT2D eigenvalue weighted by molar-refractivity contribution is 7.99. The minimum absolute atomic E-state index is 0.0496. The van der Waals surface area contributed by atoms with Crippen LogP contribution in [0.2, 0.25) is 10.0 Å². The Bertz CT molecular complexity index is 828. The van der Waals surface area contributed by atoms with Gasteiger partial charge in [0.15, 0.2) is 0 Å². The summed E-state index contributed by atoms with van der Waals surface area (Å²) in [6.07, 6.45) is 2.48. The lowest BCUT2D eigenvalue weighted by atomic mass is 10.1. The van der Waals surface area contributed by atoms with Crippen molar-refractivity contribution in [3.05, 3.63) is 69.7 Å². The van der Waals surface area contributed by atoms with E-state index in [1.807, 2.05) is 43.3 Å². The van der Waals surface area contributed by atoms with Crippen LogP contribution in [0.3, 0.4) is 0 Å². The third kappa shape index (κ3) is 8.76. The first-order valence-corrected chi connectivity index (χ1v) is 12.5. The van der Waals surface area contributed by atoms with Crippen LogP contribution in [-0.4, -0.2) is 35.1 Å². The lowest BCUT2D eigenvalue weighted by Crippen LogP contribution is -2.49. The number of benzene rings is 2. The normalized spacial score (nSPS) is 11.7. The van der Waals surface area contributed by atoms with Crippen molar-refractivity contribution in [2.75, 3.05) is 12.3 Å². The van der Waals surface area contributed by atoms with Gasteiger partial charge in [0, 0.05) is 28.9 Å². The van der Waals surface area contributed by atoms with Crippen LogP contribution in [-0.2, 0) is 21.9 Å². The zero-order valence-corrected chi connectivity index (χ0v) is 20.4. The van der Waals surface area contributed by atoms with E-state index in [4.69, 9.17) is 23.2 Å². The lowest BCUT2D eigenvalue weighted by molar-refractivity contribution is -0.139. The average Bonchev–Trinajstić information content (AvgIpc) is 2.76. The second-order valence-corrected chi connectivity index (χ2v) is 9.19. The van der Waals surface area contributed by atoms with E-state index in [9.17, 15) is 9.59 Å². The van der Waals surface area contributed by atoms with E-state index in [-0.39, 0.29) is 11.8 Å². The molecule has 2 amide bonds. The average molecular weight is 481 g/mol. The van der Waals surface area contributed by atoms with Crippen molar-refractivity contribution in [3.8, 4) is 0 Å². The molecule has 2 aromatic carbocycles. The van der Waals surface area contributed by atoms with Crippen LogP contribution in [0, 0.1) is 0 Å². The van der Waals surface area contributed by atoms with E-state index < -0.39 is 6.04 Å². The second-order valence-electron chi connectivity index (χ2n) is 7.34. The molecule has 0 radical (unpaired) electrons. The van der Waals surface area contributed by atoms with Crippen molar-refractivity contribution in [1.29, 1.82) is 0 Å². The fourth-order valence-electron chi connectivity index (χ4n) is 3.13. The number of thioether (sulfide) groups is 1. The van der Waals surface area contributed by atoms with E-state index >= 15 is 0 Å². The predicted molar refractivity (Wildman–Crippen MR) is 132 cm³/mol. The summed E-state index contributed by atoms with van der Waals surface area (Å²) in [6.45, 7) is 5.02. The zero-order valence-electron chi connectivity index (χ0n) is 18.1. The summed E-state index contributed by atoms with van der Waals surface area (Å²) in [5, 5.41) is 4.32. The molecule has 0 aliphatic heterocycles. The third-order valence-corrected chi connectivity index (χ3v) is 6.38. The number of rotatable bonds is 12. The molecule has 1 unspecified atom stereocenters. The van der Waals surface area contributed by atoms with Gasteiger partial charge in [-0.05, 0) is 48.2 Å². The molecule has 1 N–H and O–H groups in total. The van der Waals surface area contributed by atoms with Gasteiger partial charge in [0.1, 0.15) is 6.04 Å². The van der Waals surface area contributed by atoms with Gasteiger partial charge >= 0.3 is 0 Å². The Morgan fingerprint density at radius 3 is 2.10 bits per heavy atom. The van der Waals surface area contributed by atoms with Crippen LogP contribution in [0.4, 0.5) is 0 Å². The van der Waals surface area contributed by atoms with Crippen molar-refractivity contribution >= 4 is 46.8 Å². The van der Waals surface area contributed by atoms with Crippen LogP contribution in [0.1, 0.15) is 44.2 Å². The Kier molecular flexibility index (Phi) is 11.3. The first kappa shape index (κ1) is 25.6. The van der Waals surface area contributed by atoms with Crippen molar-refractivity contribution in [2.45, 2.75) is 51.4 Å². The molecule has 0 heterocycles. The fourth-order valence-corrected chi connectivity index (χ4v) is 4.25. The zero-order chi connectivity index (χ0) is 22.6. The van der Waals surface area contributed by atoms with Gasteiger partial charge < -0.3 is 10.2 Å². The van der Waals surface area contributed by atoms with Gasteiger partial charge in [-0.15, -0.1) is 11.8 Å². The van der Waals surface area contributed by atoms with Crippen LogP contribution >= 0.6 is 35.0 Å². The molecule has 0 aliphatic carbocycles. The number of nitrogens with zero attached hydrogens (tertiary/aromatic N) is 1. The van der Waals surface area contributed by atoms with Gasteiger partial charge in [-0.25, -0.2) is 0 Å². The highest BCUT2D eigenvalue weighted by Gasteiger charge is 2.28. The summed E-state index contributed by atoms with van der Waals surface area (Å²) in [5.74, 6) is 0.860. The minimum Gasteiger partial charge on any atom is -0.354 e. The predicted octanol–water partition coefficient (Wildman–Crippen LogP) is 5.95. The van der Waals surface area contributed by atoms with E-state index in [1.54, 1.807) is 17.0 Å². The molecule has 2 rings (SSSR count). The Morgan fingerprint density at radius 1 is 0.968 bits per heavy atom. The van der Waals surface area contributed by atoms with Crippen LogP contribution < -0.4 is 5.32 Å². The molecule has 0 saturated heterocycles. The standard InChI is InChI=1S/C24H30Cl2N2O2S/c1-3-5-14-27-24(30)22(4-2)28(15-18-6-10-20(25)11-7-18)23(29)17-31-16-19-8-12-21(26)13-9-19/h6-13,22H,3-5,14-17H2,1-2H3,(H,27,30). The fraction of sp³-hybridized carbons (Fsp3) is 0.417. The number of nitrogens with one attached hydrogen (secondary N) is 1.